The smallest absolute Gasteiger partial charge is 0.308 e. The van der Waals surface area contributed by atoms with Crippen LogP contribution < -0.4 is 0 Å². The Morgan fingerprint density at radius 1 is 1.43 bits per heavy atom. The van der Waals surface area contributed by atoms with Gasteiger partial charge in [0.2, 0.25) is 0 Å². The van der Waals surface area contributed by atoms with Crippen LogP contribution in [0.3, 0.4) is 0 Å². The summed E-state index contributed by atoms with van der Waals surface area (Å²) in [5.41, 5.74) is 0.400. The summed E-state index contributed by atoms with van der Waals surface area (Å²) < 4.78 is 5.13. The van der Waals surface area contributed by atoms with Crippen molar-refractivity contribution < 1.29 is 24.5 Å². The van der Waals surface area contributed by atoms with Crippen LogP contribution >= 0.6 is 0 Å². The van der Waals surface area contributed by atoms with Crippen molar-refractivity contribution in [2.75, 3.05) is 32.9 Å². The maximum atomic E-state index is 12.4. The molecule has 1 rings (SSSR count). The van der Waals surface area contributed by atoms with Crippen molar-refractivity contribution in [1.29, 1.82) is 0 Å². The highest BCUT2D eigenvalue weighted by Gasteiger charge is 2.21. The summed E-state index contributed by atoms with van der Waals surface area (Å²) in [5.74, 6) is -1.93. The number of carboxylic acid groups (broad SMARTS) is 1. The van der Waals surface area contributed by atoms with Crippen molar-refractivity contribution in [3.05, 3.63) is 30.1 Å². The van der Waals surface area contributed by atoms with Crippen molar-refractivity contribution in [2.45, 2.75) is 6.92 Å². The minimum atomic E-state index is -0.963. The predicted molar refractivity (Wildman–Crippen MR) is 74.8 cm³/mol. The van der Waals surface area contributed by atoms with Gasteiger partial charge in [0.15, 0.2) is 0 Å². The molecule has 0 aromatic carbocycles. The fourth-order valence-corrected chi connectivity index (χ4v) is 1.70. The van der Waals surface area contributed by atoms with E-state index in [1.807, 2.05) is 0 Å². The minimum Gasteiger partial charge on any atom is -0.481 e. The van der Waals surface area contributed by atoms with Gasteiger partial charge in [-0.1, -0.05) is 6.92 Å². The van der Waals surface area contributed by atoms with Crippen LogP contribution in [0.25, 0.3) is 0 Å². The molecule has 1 heterocycles. The standard InChI is InChI=1S/C14H20N2O5/c1-11(14(19)20)10-16(5-7-21-8-6-17)13(18)12-3-2-4-15-9-12/h2-4,9,11,17H,5-8,10H2,1H3,(H,19,20). The molecule has 1 atom stereocenters. The number of rotatable bonds is 9. The zero-order valence-corrected chi connectivity index (χ0v) is 11.9. The summed E-state index contributed by atoms with van der Waals surface area (Å²) in [5, 5.41) is 17.6. The van der Waals surface area contributed by atoms with E-state index in [9.17, 15) is 9.59 Å². The molecule has 1 aromatic rings. The number of carbonyl (C=O) groups is 2. The van der Waals surface area contributed by atoms with E-state index >= 15 is 0 Å². The highest BCUT2D eigenvalue weighted by atomic mass is 16.5. The van der Waals surface area contributed by atoms with Gasteiger partial charge in [0, 0.05) is 25.5 Å². The number of carbonyl (C=O) groups excluding carboxylic acids is 1. The fraction of sp³-hybridized carbons (Fsp3) is 0.500. The number of aromatic nitrogens is 1. The lowest BCUT2D eigenvalue weighted by Gasteiger charge is -2.24. The third-order valence-corrected chi connectivity index (χ3v) is 2.85. The molecule has 1 aromatic heterocycles. The SMILES string of the molecule is CC(CN(CCOCCO)C(=O)c1cccnc1)C(=O)O. The van der Waals surface area contributed by atoms with Gasteiger partial charge < -0.3 is 19.8 Å². The number of pyridine rings is 1. The maximum absolute atomic E-state index is 12.4. The Kier molecular flexibility index (Phi) is 7.34. The summed E-state index contributed by atoms with van der Waals surface area (Å²) in [7, 11) is 0. The Labute approximate surface area is 123 Å². The van der Waals surface area contributed by atoms with E-state index in [-0.39, 0.29) is 38.8 Å². The van der Waals surface area contributed by atoms with Crippen molar-refractivity contribution >= 4 is 11.9 Å². The summed E-state index contributed by atoms with van der Waals surface area (Å²) in [6.45, 7) is 2.21. The Hall–Kier alpha value is -1.99. The monoisotopic (exact) mass is 296 g/mol. The maximum Gasteiger partial charge on any atom is 0.308 e. The highest BCUT2D eigenvalue weighted by molar-refractivity contribution is 5.94. The van der Waals surface area contributed by atoms with Crippen LogP contribution in [-0.4, -0.2) is 64.9 Å². The summed E-state index contributed by atoms with van der Waals surface area (Å²) in [6.07, 6.45) is 3.00. The predicted octanol–water partition coefficient (Wildman–Crippen LogP) is 0.253. The molecule has 116 valence electrons. The molecule has 7 nitrogen and oxygen atoms in total. The van der Waals surface area contributed by atoms with E-state index < -0.39 is 11.9 Å². The van der Waals surface area contributed by atoms with Crippen LogP contribution in [0.15, 0.2) is 24.5 Å². The van der Waals surface area contributed by atoms with Gasteiger partial charge in [-0.3, -0.25) is 14.6 Å². The minimum absolute atomic E-state index is 0.0888. The van der Waals surface area contributed by atoms with Crippen LogP contribution in [0.4, 0.5) is 0 Å². The van der Waals surface area contributed by atoms with Crippen molar-refractivity contribution in [1.82, 2.24) is 9.88 Å². The first-order valence-corrected chi connectivity index (χ1v) is 6.67. The third-order valence-electron chi connectivity index (χ3n) is 2.85. The van der Waals surface area contributed by atoms with Gasteiger partial charge in [-0.25, -0.2) is 0 Å². The largest absolute Gasteiger partial charge is 0.481 e. The van der Waals surface area contributed by atoms with Crippen molar-refractivity contribution in [2.24, 2.45) is 5.92 Å². The number of aliphatic carboxylic acids is 1. The van der Waals surface area contributed by atoms with Crippen LogP contribution in [0.5, 0.6) is 0 Å². The molecule has 0 aliphatic carbocycles. The van der Waals surface area contributed by atoms with E-state index in [0.29, 0.717) is 5.56 Å². The number of ether oxygens (including phenoxy) is 1. The lowest BCUT2D eigenvalue weighted by molar-refractivity contribution is -0.141. The number of hydrogen-bond donors (Lipinski definition) is 2. The van der Waals surface area contributed by atoms with Gasteiger partial charge in [-0.2, -0.15) is 0 Å². The molecule has 0 aliphatic rings. The van der Waals surface area contributed by atoms with Gasteiger partial charge in [-0.05, 0) is 12.1 Å². The first-order chi connectivity index (χ1) is 10.1. The molecule has 2 N–H and O–H groups in total. The molecule has 0 bridgehead atoms. The average Bonchev–Trinajstić information content (AvgIpc) is 2.50. The first kappa shape index (κ1) is 17.1. The first-order valence-electron chi connectivity index (χ1n) is 6.67. The molecule has 0 spiro atoms. The molecule has 1 unspecified atom stereocenters. The molecule has 0 saturated carbocycles. The zero-order valence-electron chi connectivity index (χ0n) is 11.9. The number of aliphatic hydroxyl groups excluding tert-OH is 1. The molecule has 1 amide bonds. The second-order valence-corrected chi connectivity index (χ2v) is 4.57. The highest BCUT2D eigenvalue weighted by Crippen LogP contribution is 2.07. The van der Waals surface area contributed by atoms with Crippen LogP contribution in [-0.2, 0) is 9.53 Å². The van der Waals surface area contributed by atoms with E-state index in [2.05, 4.69) is 4.98 Å². The van der Waals surface area contributed by atoms with Crippen molar-refractivity contribution in [3.8, 4) is 0 Å². The van der Waals surface area contributed by atoms with Gasteiger partial charge in [0.25, 0.3) is 5.91 Å². The lowest BCUT2D eigenvalue weighted by Crippen LogP contribution is -2.39. The van der Waals surface area contributed by atoms with Gasteiger partial charge in [0.1, 0.15) is 0 Å². The third kappa shape index (κ3) is 5.88. The summed E-state index contributed by atoms with van der Waals surface area (Å²) in [6, 6.07) is 3.27. The van der Waals surface area contributed by atoms with E-state index in [1.54, 1.807) is 25.3 Å². The van der Waals surface area contributed by atoms with E-state index in [1.165, 1.54) is 11.1 Å². The molecule has 0 saturated heterocycles. The van der Waals surface area contributed by atoms with Crippen molar-refractivity contribution in [3.63, 3.8) is 0 Å². The molecule has 21 heavy (non-hydrogen) atoms. The van der Waals surface area contributed by atoms with Crippen LogP contribution in [0.2, 0.25) is 0 Å². The Morgan fingerprint density at radius 2 is 2.19 bits per heavy atom. The fourth-order valence-electron chi connectivity index (χ4n) is 1.70. The molecular weight excluding hydrogens is 276 g/mol. The zero-order chi connectivity index (χ0) is 15.7. The van der Waals surface area contributed by atoms with Gasteiger partial charge in [-0.15, -0.1) is 0 Å². The van der Waals surface area contributed by atoms with Crippen LogP contribution in [0, 0.1) is 5.92 Å². The van der Waals surface area contributed by atoms with E-state index in [0.717, 1.165) is 0 Å². The molecule has 7 heteroatoms. The quantitative estimate of drug-likeness (QED) is 0.634. The van der Waals surface area contributed by atoms with Gasteiger partial charge >= 0.3 is 5.97 Å². The average molecular weight is 296 g/mol. The summed E-state index contributed by atoms with van der Waals surface area (Å²) >= 11 is 0. The number of hydrogen-bond acceptors (Lipinski definition) is 5. The second kappa shape index (κ2) is 9.04. The summed E-state index contributed by atoms with van der Waals surface area (Å²) in [4.78, 5) is 28.6. The Morgan fingerprint density at radius 3 is 2.76 bits per heavy atom. The van der Waals surface area contributed by atoms with Crippen LogP contribution in [0.1, 0.15) is 17.3 Å². The Bertz CT molecular complexity index is 452. The van der Waals surface area contributed by atoms with E-state index in [4.69, 9.17) is 14.9 Å². The topological polar surface area (TPSA) is 100.0 Å². The number of aliphatic hydroxyl groups is 1. The van der Waals surface area contributed by atoms with Gasteiger partial charge in [0.05, 0.1) is 31.3 Å². The number of carboxylic acids is 1. The number of nitrogens with zero attached hydrogens (tertiary/aromatic N) is 2. The molecule has 0 fully saturated rings. The normalized spacial score (nSPS) is 11.9. The molecule has 0 aliphatic heterocycles. The Balaban J connectivity index is 2.70. The molecular formula is C14H20N2O5. The number of amides is 1. The lowest BCUT2D eigenvalue weighted by atomic mass is 10.1. The second-order valence-electron chi connectivity index (χ2n) is 4.57. The molecule has 0 radical (unpaired) electrons.